The zero-order valence-electron chi connectivity index (χ0n) is 14.5. The number of aromatic nitrogens is 1. The summed E-state index contributed by atoms with van der Waals surface area (Å²) in [5.74, 6) is -0.842. The Balaban J connectivity index is 1.86. The molecule has 3 aromatic rings. The molecule has 3 rings (SSSR count). The van der Waals surface area contributed by atoms with Crippen molar-refractivity contribution in [1.82, 2.24) is 10.5 Å². The van der Waals surface area contributed by atoms with Crippen molar-refractivity contribution in [3.63, 3.8) is 0 Å². The molecule has 0 radical (unpaired) electrons. The number of hydrogen-bond donors (Lipinski definition) is 1. The third-order valence-electron chi connectivity index (χ3n) is 4.46. The molecule has 1 unspecified atom stereocenters. The predicted molar refractivity (Wildman–Crippen MR) is 94.6 cm³/mol. The number of carbonyl (C=O) groups excluding carboxylic acids is 1. The molecule has 25 heavy (non-hydrogen) atoms. The van der Waals surface area contributed by atoms with Gasteiger partial charge in [-0.05, 0) is 50.1 Å². The Morgan fingerprint density at radius 3 is 2.56 bits per heavy atom. The molecule has 5 heteroatoms. The van der Waals surface area contributed by atoms with E-state index in [4.69, 9.17) is 4.52 Å². The summed E-state index contributed by atoms with van der Waals surface area (Å²) in [5, 5.41) is 8.02. The zero-order chi connectivity index (χ0) is 18.0. The van der Waals surface area contributed by atoms with E-state index in [0.717, 1.165) is 10.9 Å². The highest BCUT2D eigenvalue weighted by Crippen LogP contribution is 2.29. The molecular formula is C20H21FN2O2. The Bertz CT molecular complexity index is 884. The Hall–Kier alpha value is -2.69. The van der Waals surface area contributed by atoms with Crippen LogP contribution in [0, 0.1) is 5.82 Å². The van der Waals surface area contributed by atoms with Gasteiger partial charge in [0.25, 0.3) is 0 Å². The average Bonchev–Trinajstić information content (AvgIpc) is 3.00. The monoisotopic (exact) mass is 340 g/mol. The molecule has 1 N–H and O–H groups in total. The van der Waals surface area contributed by atoms with E-state index in [1.807, 2.05) is 45.0 Å². The molecule has 130 valence electrons. The van der Waals surface area contributed by atoms with Crippen LogP contribution in [-0.2, 0) is 10.3 Å². The van der Waals surface area contributed by atoms with Crippen molar-refractivity contribution in [2.75, 3.05) is 0 Å². The largest absolute Gasteiger partial charge is 0.356 e. The first-order chi connectivity index (χ1) is 11.9. The molecule has 0 aliphatic heterocycles. The van der Waals surface area contributed by atoms with Gasteiger partial charge in [0.1, 0.15) is 11.5 Å². The van der Waals surface area contributed by atoms with Crippen LogP contribution in [0.4, 0.5) is 4.39 Å². The number of hydrogen-bond acceptors (Lipinski definition) is 3. The van der Waals surface area contributed by atoms with Crippen molar-refractivity contribution in [3.8, 4) is 0 Å². The molecule has 1 atom stereocenters. The quantitative estimate of drug-likeness (QED) is 0.743. The van der Waals surface area contributed by atoms with Crippen molar-refractivity contribution in [2.24, 2.45) is 0 Å². The second kappa shape index (κ2) is 6.67. The molecule has 1 heterocycles. The Morgan fingerprint density at radius 1 is 1.20 bits per heavy atom. The summed E-state index contributed by atoms with van der Waals surface area (Å²) in [6.45, 7) is 5.73. The third kappa shape index (κ3) is 3.40. The number of nitrogens with zero attached hydrogens (tertiary/aromatic N) is 1. The molecule has 0 saturated heterocycles. The Morgan fingerprint density at radius 2 is 1.88 bits per heavy atom. The first-order valence-electron chi connectivity index (χ1n) is 8.34. The van der Waals surface area contributed by atoms with Gasteiger partial charge in [-0.1, -0.05) is 36.3 Å². The summed E-state index contributed by atoms with van der Waals surface area (Å²) in [4.78, 5) is 12.9. The highest BCUT2D eigenvalue weighted by Gasteiger charge is 2.30. The minimum absolute atomic E-state index is 0.129. The third-order valence-corrected chi connectivity index (χ3v) is 4.46. The van der Waals surface area contributed by atoms with Gasteiger partial charge in [0.05, 0.1) is 11.5 Å². The second-order valence-corrected chi connectivity index (χ2v) is 6.65. The summed E-state index contributed by atoms with van der Waals surface area (Å²) in [6, 6.07) is 13.7. The van der Waals surface area contributed by atoms with E-state index in [1.54, 1.807) is 12.1 Å². The van der Waals surface area contributed by atoms with Crippen LogP contribution in [0.2, 0.25) is 0 Å². The molecule has 0 spiro atoms. The van der Waals surface area contributed by atoms with Crippen molar-refractivity contribution >= 4 is 16.9 Å². The molecule has 0 fully saturated rings. The van der Waals surface area contributed by atoms with E-state index in [9.17, 15) is 9.18 Å². The van der Waals surface area contributed by atoms with Crippen molar-refractivity contribution in [3.05, 3.63) is 65.6 Å². The summed E-state index contributed by atoms with van der Waals surface area (Å²) in [5.41, 5.74) is 1.52. The van der Waals surface area contributed by atoms with Gasteiger partial charge in [0.2, 0.25) is 5.91 Å². The maximum atomic E-state index is 13.1. The molecule has 2 aromatic carbocycles. The van der Waals surface area contributed by atoms with Gasteiger partial charge < -0.3 is 9.84 Å². The molecular weight excluding hydrogens is 319 g/mol. The van der Waals surface area contributed by atoms with Crippen LogP contribution in [0.15, 0.2) is 53.1 Å². The van der Waals surface area contributed by atoms with Crippen LogP contribution >= 0.6 is 0 Å². The van der Waals surface area contributed by atoms with Crippen molar-refractivity contribution in [2.45, 2.75) is 38.6 Å². The normalized spacial score (nSPS) is 13.0. The number of fused-ring (bicyclic) bond motifs is 1. The van der Waals surface area contributed by atoms with Gasteiger partial charge in [-0.15, -0.1) is 0 Å². The number of rotatable bonds is 5. The number of halogens is 1. The molecule has 0 aliphatic rings. The number of benzene rings is 2. The standard InChI is InChI=1S/C20H21FN2O2/c1-4-15(18-16-7-5-6-8-17(16)25-23-18)19(24)22-20(2,3)13-9-11-14(21)12-10-13/h5-12,15H,4H2,1-3H3,(H,22,24). The minimum Gasteiger partial charge on any atom is -0.356 e. The smallest absolute Gasteiger partial charge is 0.229 e. The first kappa shape index (κ1) is 17.1. The molecule has 1 amide bonds. The van der Waals surface area contributed by atoms with Crippen LogP contribution < -0.4 is 5.32 Å². The summed E-state index contributed by atoms with van der Waals surface area (Å²) < 4.78 is 18.5. The van der Waals surface area contributed by atoms with Gasteiger partial charge in [0.15, 0.2) is 5.58 Å². The van der Waals surface area contributed by atoms with Gasteiger partial charge in [0, 0.05) is 5.39 Å². The van der Waals surface area contributed by atoms with Crippen LogP contribution in [0.5, 0.6) is 0 Å². The molecule has 4 nitrogen and oxygen atoms in total. The highest BCUT2D eigenvalue weighted by molar-refractivity contribution is 5.90. The predicted octanol–water partition coefficient (Wildman–Crippen LogP) is 4.51. The topological polar surface area (TPSA) is 55.1 Å². The fourth-order valence-electron chi connectivity index (χ4n) is 2.99. The van der Waals surface area contributed by atoms with Crippen LogP contribution in [-0.4, -0.2) is 11.1 Å². The van der Waals surface area contributed by atoms with Gasteiger partial charge >= 0.3 is 0 Å². The molecule has 1 aromatic heterocycles. The lowest BCUT2D eigenvalue weighted by Gasteiger charge is -2.29. The second-order valence-electron chi connectivity index (χ2n) is 6.65. The van der Waals surface area contributed by atoms with E-state index in [2.05, 4.69) is 10.5 Å². The summed E-state index contributed by atoms with van der Waals surface area (Å²) >= 11 is 0. The van der Waals surface area contributed by atoms with Gasteiger partial charge in [-0.3, -0.25) is 4.79 Å². The average molecular weight is 340 g/mol. The van der Waals surface area contributed by atoms with E-state index >= 15 is 0 Å². The Labute approximate surface area is 146 Å². The van der Waals surface area contributed by atoms with E-state index in [1.165, 1.54) is 12.1 Å². The number of para-hydroxylation sites is 1. The van der Waals surface area contributed by atoms with Crippen LogP contribution in [0.3, 0.4) is 0 Å². The number of carbonyl (C=O) groups is 1. The molecule has 0 saturated carbocycles. The van der Waals surface area contributed by atoms with E-state index < -0.39 is 11.5 Å². The molecule has 0 bridgehead atoms. The lowest BCUT2D eigenvalue weighted by molar-refractivity contribution is -0.124. The Kier molecular flexibility index (Phi) is 4.57. The fraction of sp³-hybridized carbons (Fsp3) is 0.300. The lowest BCUT2D eigenvalue weighted by atomic mass is 9.91. The van der Waals surface area contributed by atoms with Gasteiger partial charge in [-0.2, -0.15) is 0 Å². The summed E-state index contributed by atoms with van der Waals surface area (Å²) in [6.07, 6.45) is 0.599. The first-order valence-corrected chi connectivity index (χ1v) is 8.34. The van der Waals surface area contributed by atoms with Gasteiger partial charge in [-0.25, -0.2) is 4.39 Å². The maximum Gasteiger partial charge on any atom is 0.229 e. The van der Waals surface area contributed by atoms with Crippen molar-refractivity contribution in [1.29, 1.82) is 0 Å². The highest BCUT2D eigenvalue weighted by atomic mass is 19.1. The van der Waals surface area contributed by atoms with E-state index in [0.29, 0.717) is 17.7 Å². The molecule has 0 aliphatic carbocycles. The van der Waals surface area contributed by atoms with Crippen LogP contribution in [0.25, 0.3) is 11.0 Å². The minimum atomic E-state index is -0.627. The summed E-state index contributed by atoms with van der Waals surface area (Å²) in [7, 11) is 0. The fourth-order valence-corrected chi connectivity index (χ4v) is 2.99. The van der Waals surface area contributed by atoms with Crippen molar-refractivity contribution < 1.29 is 13.7 Å². The van der Waals surface area contributed by atoms with Crippen LogP contribution in [0.1, 0.15) is 44.4 Å². The zero-order valence-corrected chi connectivity index (χ0v) is 14.5. The number of amides is 1. The number of nitrogens with one attached hydrogen (secondary N) is 1. The lowest BCUT2D eigenvalue weighted by Crippen LogP contribution is -2.43. The maximum absolute atomic E-state index is 13.1. The SMILES string of the molecule is CCC(C(=O)NC(C)(C)c1ccc(F)cc1)c1noc2ccccc12. The van der Waals surface area contributed by atoms with E-state index in [-0.39, 0.29) is 11.7 Å².